The number of phenolic OH excluding ortho intramolecular Hbond substituents is 1. The Kier molecular flexibility index (Phi) is 6.04. The van der Waals surface area contributed by atoms with Gasteiger partial charge in [0.15, 0.2) is 11.3 Å². The standard InChI is InChI=1S/C22H22O10/c1-29-11-4-2-10(3-5-11)13-9-30-20-12(16(13)25)6-7-14(24)21(20)32-22-19(28)18(27)17(26)15(8-23)31-22/h2-7,9,15,17-19,22-24,26-28H,8H2,1H3/t15-,17-,18+,19-,22+/m0/s1. The predicted molar refractivity (Wildman–Crippen MR) is 111 cm³/mol. The number of aromatic hydroxyl groups is 1. The van der Waals surface area contributed by atoms with Crippen molar-refractivity contribution in [3.63, 3.8) is 0 Å². The van der Waals surface area contributed by atoms with Crippen molar-refractivity contribution in [3.05, 3.63) is 52.9 Å². The van der Waals surface area contributed by atoms with E-state index in [1.165, 1.54) is 25.5 Å². The van der Waals surface area contributed by atoms with Crippen LogP contribution in [0.3, 0.4) is 0 Å². The summed E-state index contributed by atoms with van der Waals surface area (Å²) in [5.74, 6) is -0.0842. The maximum atomic E-state index is 13.1. The van der Waals surface area contributed by atoms with Gasteiger partial charge in [0, 0.05) is 0 Å². The minimum atomic E-state index is -1.70. The van der Waals surface area contributed by atoms with Crippen LogP contribution in [0.2, 0.25) is 0 Å². The Hall–Kier alpha value is -3.15. The number of aliphatic hydroxyl groups excluding tert-OH is 4. The number of ether oxygens (including phenoxy) is 3. The first kappa shape index (κ1) is 22.1. The zero-order valence-corrected chi connectivity index (χ0v) is 16.9. The monoisotopic (exact) mass is 446 g/mol. The molecule has 0 aliphatic carbocycles. The molecular weight excluding hydrogens is 424 g/mol. The van der Waals surface area contributed by atoms with Crippen molar-refractivity contribution in [1.82, 2.24) is 0 Å². The summed E-state index contributed by atoms with van der Waals surface area (Å²) in [4.78, 5) is 13.1. The first-order chi connectivity index (χ1) is 15.3. The molecule has 0 radical (unpaired) electrons. The molecule has 0 spiro atoms. The van der Waals surface area contributed by atoms with E-state index in [-0.39, 0.29) is 22.3 Å². The van der Waals surface area contributed by atoms with E-state index in [9.17, 15) is 30.3 Å². The fourth-order valence-electron chi connectivity index (χ4n) is 3.53. The second kappa shape index (κ2) is 8.77. The fourth-order valence-corrected chi connectivity index (χ4v) is 3.53. The zero-order valence-electron chi connectivity index (χ0n) is 16.9. The van der Waals surface area contributed by atoms with Gasteiger partial charge in [-0.1, -0.05) is 12.1 Å². The van der Waals surface area contributed by atoms with Crippen LogP contribution >= 0.6 is 0 Å². The molecule has 5 N–H and O–H groups in total. The molecule has 0 unspecified atom stereocenters. The van der Waals surface area contributed by atoms with Crippen molar-refractivity contribution in [3.8, 4) is 28.4 Å². The lowest BCUT2D eigenvalue weighted by molar-refractivity contribution is -0.277. The van der Waals surface area contributed by atoms with Crippen LogP contribution in [0.4, 0.5) is 0 Å². The van der Waals surface area contributed by atoms with Gasteiger partial charge in [0.2, 0.25) is 17.5 Å². The van der Waals surface area contributed by atoms with Gasteiger partial charge in [-0.05, 0) is 29.8 Å². The van der Waals surface area contributed by atoms with E-state index in [4.69, 9.17) is 18.6 Å². The van der Waals surface area contributed by atoms with Crippen molar-refractivity contribution < 1.29 is 44.2 Å². The average Bonchev–Trinajstić information content (AvgIpc) is 2.81. The third-order valence-electron chi connectivity index (χ3n) is 5.36. The number of aliphatic hydroxyl groups is 4. The molecule has 1 aromatic heterocycles. The average molecular weight is 446 g/mol. The maximum Gasteiger partial charge on any atom is 0.229 e. The highest BCUT2D eigenvalue weighted by molar-refractivity contribution is 5.88. The van der Waals surface area contributed by atoms with Crippen molar-refractivity contribution in [2.75, 3.05) is 13.7 Å². The highest BCUT2D eigenvalue weighted by atomic mass is 16.7. The molecule has 170 valence electrons. The summed E-state index contributed by atoms with van der Waals surface area (Å²) < 4.78 is 21.6. The van der Waals surface area contributed by atoms with Crippen molar-refractivity contribution >= 4 is 11.0 Å². The Balaban J connectivity index is 1.73. The number of benzene rings is 2. The molecule has 1 aliphatic rings. The Morgan fingerprint density at radius 3 is 2.38 bits per heavy atom. The molecule has 5 atom stereocenters. The molecule has 0 amide bonds. The van der Waals surface area contributed by atoms with Gasteiger partial charge >= 0.3 is 0 Å². The maximum absolute atomic E-state index is 13.1. The van der Waals surface area contributed by atoms with Gasteiger partial charge < -0.3 is 44.2 Å². The smallest absolute Gasteiger partial charge is 0.229 e. The summed E-state index contributed by atoms with van der Waals surface area (Å²) in [5.41, 5.74) is 0.356. The molecule has 2 heterocycles. The summed E-state index contributed by atoms with van der Waals surface area (Å²) >= 11 is 0. The van der Waals surface area contributed by atoms with E-state index in [2.05, 4.69) is 0 Å². The van der Waals surface area contributed by atoms with Crippen molar-refractivity contribution in [2.45, 2.75) is 30.7 Å². The Labute approximate surface area is 181 Å². The van der Waals surface area contributed by atoms with Crippen LogP contribution in [-0.4, -0.2) is 70.0 Å². The van der Waals surface area contributed by atoms with Gasteiger partial charge in [0.05, 0.1) is 24.7 Å². The highest BCUT2D eigenvalue weighted by Crippen LogP contribution is 2.37. The lowest BCUT2D eigenvalue weighted by Gasteiger charge is -2.39. The van der Waals surface area contributed by atoms with E-state index in [1.807, 2.05) is 0 Å². The van der Waals surface area contributed by atoms with E-state index in [1.54, 1.807) is 24.3 Å². The topological polar surface area (TPSA) is 159 Å². The highest BCUT2D eigenvalue weighted by Gasteiger charge is 2.45. The number of phenols is 1. The number of methoxy groups -OCH3 is 1. The second-order valence-electron chi connectivity index (χ2n) is 7.31. The summed E-state index contributed by atoms with van der Waals surface area (Å²) in [6.45, 7) is -0.646. The Morgan fingerprint density at radius 1 is 1.00 bits per heavy atom. The lowest BCUT2D eigenvalue weighted by Crippen LogP contribution is -2.60. The van der Waals surface area contributed by atoms with Gasteiger partial charge in [0.25, 0.3) is 0 Å². The molecule has 1 aliphatic heterocycles. The summed E-state index contributed by atoms with van der Waals surface area (Å²) in [7, 11) is 1.53. The van der Waals surface area contributed by atoms with Crippen LogP contribution in [0, 0.1) is 0 Å². The number of fused-ring (bicyclic) bond motifs is 1. The predicted octanol–water partition coefficient (Wildman–Crippen LogP) is 0.353. The third kappa shape index (κ3) is 3.78. The SMILES string of the molecule is COc1ccc(-c2coc3c(O[C@H]4O[C@@H](CO)[C@H](O)[C@@H](O)[C@@H]4O)c(O)ccc3c2=O)cc1. The van der Waals surface area contributed by atoms with E-state index in [0.717, 1.165) is 0 Å². The fraction of sp³-hybridized carbons (Fsp3) is 0.318. The van der Waals surface area contributed by atoms with Gasteiger partial charge in [-0.3, -0.25) is 4.79 Å². The minimum Gasteiger partial charge on any atom is -0.504 e. The van der Waals surface area contributed by atoms with E-state index >= 15 is 0 Å². The van der Waals surface area contributed by atoms with Gasteiger partial charge in [0.1, 0.15) is 36.4 Å². The first-order valence-corrected chi connectivity index (χ1v) is 9.74. The Morgan fingerprint density at radius 2 is 1.72 bits per heavy atom. The molecule has 0 bridgehead atoms. The van der Waals surface area contributed by atoms with Crippen LogP contribution in [-0.2, 0) is 4.74 Å². The quantitative estimate of drug-likeness (QED) is 0.370. The molecule has 4 rings (SSSR count). The molecule has 3 aromatic rings. The van der Waals surface area contributed by atoms with Crippen LogP contribution in [0.25, 0.3) is 22.1 Å². The van der Waals surface area contributed by atoms with Gasteiger partial charge in [-0.25, -0.2) is 0 Å². The van der Waals surface area contributed by atoms with Crippen LogP contribution in [0.5, 0.6) is 17.2 Å². The van der Waals surface area contributed by atoms with Crippen LogP contribution in [0.1, 0.15) is 0 Å². The molecule has 1 fully saturated rings. The molecule has 10 heteroatoms. The van der Waals surface area contributed by atoms with Crippen molar-refractivity contribution in [1.29, 1.82) is 0 Å². The molecule has 2 aromatic carbocycles. The van der Waals surface area contributed by atoms with Crippen molar-refractivity contribution in [2.24, 2.45) is 0 Å². The zero-order chi connectivity index (χ0) is 23.0. The molecule has 0 saturated carbocycles. The Bertz CT molecular complexity index is 1150. The van der Waals surface area contributed by atoms with E-state index in [0.29, 0.717) is 11.3 Å². The van der Waals surface area contributed by atoms with Crippen LogP contribution in [0.15, 0.2) is 51.9 Å². The number of rotatable bonds is 5. The second-order valence-corrected chi connectivity index (χ2v) is 7.31. The third-order valence-corrected chi connectivity index (χ3v) is 5.36. The largest absolute Gasteiger partial charge is 0.504 e. The lowest BCUT2D eigenvalue weighted by atomic mass is 9.99. The molecular formula is C22H22O10. The van der Waals surface area contributed by atoms with Gasteiger partial charge in [-0.15, -0.1) is 0 Å². The number of hydrogen-bond donors (Lipinski definition) is 5. The molecule has 1 saturated heterocycles. The molecule has 32 heavy (non-hydrogen) atoms. The molecule has 10 nitrogen and oxygen atoms in total. The van der Waals surface area contributed by atoms with Gasteiger partial charge in [-0.2, -0.15) is 0 Å². The summed E-state index contributed by atoms with van der Waals surface area (Å²) in [6.07, 6.45) is -6.49. The first-order valence-electron chi connectivity index (χ1n) is 9.74. The number of hydrogen-bond acceptors (Lipinski definition) is 10. The van der Waals surface area contributed by atoms with Crippen LogP contribution < -0.4 is 14.9 Å². The van der Waals surface area contributed by atoms with E-state index < -0.39 is 48.5 Å². The normalized spacial score (nSPS) is 25.6. The summed E-state index contributed by atoms with van der Waals surface area (Å²) in [6, 6.07) is 9.37. The summed E-state index contributed by atoms with van der Waals surface area (Å²) in [5, 5.41) is 49.8. The minimum absolute atomic E-state index is 0.0932.